The third-order valence-electron chi connectivity index (χ3n) is 2.60. The van der Waals surface area contributed by atoms with Gasteiger partial charge in [-0.25, -0.2) is 9.97 Å². The van der Waals surface area contributed by atoms with Gasteiger partial charge in [-0.1, -0.05) is 0 Å². The van der Waals surface area contributed by atoms with Gasteiger partial charge in [0.1, 0.15) is 4.47 Å². The van der Waals surface area contributed by atoms with Crippen molar-refractivity contribution in [2.75, 3.05) is 0 Å². The van der Waals surface area contributed by atoms with Crippen LogP contribution in [0.25, 0.3) is 5.95 Å². The summed E-state index contributed by atoms with van der Waals surface area (Å²) in [6.45, 7) is 0. The Bertz CT molecular complexity index is 570. The number of H-pyrrole nitrogens is 1. The second kappa shape index (κ2) is 3.55. The van der Waals surface area contributed by atoms with E-state index in [0.717, 1.165) is 18.5 Å². The van der Waals surface area contributed by atoms with Crippen molar-refractivity contribution in [2.24, 2.45) is 0 Å². The average molecular weight is 281 g/mol. The van der Waals surface area contributed by atoms with Gasteiger partial charge in [0.25, 0.3) is 11.5 Å². The van der Waals surface area contributed by atoms with Crippen molar-refractivity contribution in [3.8, 4) is 5.95 Å². The summed E-state index contributed by atoms with van der Waals surface area (Å²) in [5, 5.41) is 3.06. The second-order valence-corrected chi connectivity index (χ2v) is 4.60. The van der Waals surface area contributed by atoms with E-state index < -0.39 is 0 Å². The molecule has 6 heteroatoms. The molecular formula is C10H9BrN4O. The van der Waals surface area contributed by atoms with E-state index >= 15 is 0 Å². The maximum absolute atomic E-state index is 11.9. The normalized spacial score (nSPS) is 15.3. The van der Waals surface area contributed by atoms with Crippen LogP contribution in [-0.2, 0) is 0 Å². The smallest absolute Gasteiger partial charge is 0.288 e. The van der Waals surface area contributed by atoms with Crippen LogP contribution in [0, 0.1) is 0 Å². The van der Waals surface area contributed by atoms with Gasteiger partial charge in [-0.3, -0.25) is 9.89 Å². The maximum Gasteiger partial charge on any atom is 0.288 e. The Morgan fingerprint density at radius 3 is 2.69 bits per heavy atom. The molecule has 1 fully saturated rings. The molecule has 0 spiro atoms. The van der Waals surface area contributed by atoms with Crippen LogP contribution in [0.2, 0.25) is 0 Å². The fraction of sp³-hybridized carbons (Fsp3) is 0.300. The van der Waals surface area contributed by atoms with Crippen molar-refractivity contribution in [3.05, 3.63) is 39.0 Å². The largest absolute Gasteiger partial charge is 0.291 e. The molecule has 16 heavy (non-hydrogen) atoms. The minimum absolute atomic E-state index is 0.131. The highest BCUT2D eigenvalue weighted by Crippen LogP contribution is 2.41. The zero-order valence-corrected chi connectivity index (χ0v) is 9.94. The van der Waals surface area contributed by atoms with E-state index in [1.165, 1.54) is 4.68 Å². The predicted octanol–water partition coefficient (Wildman–Crippen LogP) is 1.60. The number of hydrogen-bond donors (Lipinski definition) is 1. The molecule has 1 aliphatic carbocycles. The first-order valence-electron chi connectivity index (χ1n) is 5.05. The number of aromatic nitrogens is 4. The van der Waals surface area contributed by atoms with Crippen molar-refractivity contribution in [3.63, 3.8) is 0 Å². The van der Waals surface area contributed by atoms with Crippen molar-refractivity contribution >= 4 is 15.9 Å². The first-order chi connectivity index (χ1) is 7.77. The van der Waals surface area contributed by atoms with Crippen LogP contribution in [0.1, 0.15) is 24.5 Å². The van der Waals surface area contributed by atoms with E-state index in [0.29, 0.717) is 16.3 Å². The van der Waals surface area contributed by atoms with Crippen LogP contribution in [0.3, 0.4) is 0 Å². The lowest BCUT2D eigenvalue weighted by molar-refractivity contribution is 0.762. The third-order valence-corrected chi connectivity index (χ3v) is 3.36. The van der Waals surface area contributed by atoms with Gasteiger partial charge in [0.15, 0.2) is 0 Å². The first-order valence-corrected chi connectivity index (χ1v) is 5.84. The predicted molar refractivity (Wildman–Crippen MR) is 61.7 cm³/mol. The molecule has 2 aromatic heterocycles. The lowest BCUT2D eigenvalue weighted by atomic mass is 10.3. The standard InChI is InChI=1S/C10H9BrN4O/c11-7-8(6-2-3-6)14-15(9(7)16)10-12-4-1-5-13-10/h1,4-6,14H,2-3H2. The molecule has 0 radical (unpaired) electrons. The van der Waals surface area contributed by atoms with Crippen molar-refractivity contribution < 1.29 is 0 Å². The minimum atomic E-state index is -0.131. The molecule has 1 saturated carbocycles. The summed E-state index contributed by atoms with van der Waals surface area (Å²) in [6, 6.07) is 1.72. The fourth-order valence-corrected chi connectivity index (χ4v) is 2.21. The number of halogens is 1. The van der Waals surface area contributed by atoms with Crippen LogP contribution in [0.4, 0.5) is 0 Å². The molecule has 82 valence electrons. The topological polar surface area (TPSA) is 63.6 Å². The first kappa shape index (κ1) is 9.77. The highest BCUT2D eigenvalue weighted by Gasteiger charge is 2.29. The SMILES string of the molecule is O=c1c(Br)c(C2CC2)[nH]n1-c1ncccn1. The van der Waals surface area contributed by atoms with Gasteiger partial charge < -0.3 is 0 Å². The van der Waals surface area contributed by atoms with E-state index in [2.05, 4.69) is 31.0 Å². The number of nitrogens with one attached hydrogen (secondary N) is 1. The van der Waals surface area contributed by atoms with Gasteiger partial charge in [0.2, 0.25) is 0 Å². The molecule has 0 bridgehead atoms. The minimum Gasteiger partial charge on any atom is -0.291 e. The molecular weight excluding hydrogens is 272 g/mol. The summed E-state index contributed by atoms with van der Waals surface area (Å²) < 4.78 is 1.97. The quantitative estimate of drug-likeness (QED) is 0.909. The Kier molecular flexibility index (Phi) is 2.17. The van der Waals surface area contributed by atoms with Gasteiger partial charge in [0.05, 0.1) is 5.69 Å². The summed E-state index contributed by atoms with van der Waals surface area (Å²) in [5.74, 6) is 0.854. The van der Waals surface area contributed by atoms with Gasteiger partial charge in [-0.15, -0.1) is 0 Å². The average Bonchev–Trinajstić information content (AvgIpc) is 3.10. The molecule has 3 rings (SSSR count). The lowest BCUT2D eigenvalue weighted by Gasteiger charge is -1.97. The Morgan fingerprint density at radius 2 is 2.06 bits per heavy atom. The Morgan fingerprint density at radius 1 is 1.38 bits per heavy atom. The molecule has 0 amide bonds. The molecule has 1 N–H and O–H groups in total. The van der Waals surface area contributed by atoms with Crippen LogP contribution in [-0.4, -0.2) is 19.7 Å². The highest BCUT2D eigenvalue weighted by atomic mass is 79.9. The van der Waals surface area contributed by atoms with Crippen molar-refractivity contribution in [2.45, 2.75) is 18.8 Å². The monoisotopic (exact) mass is 280 g/mol. The van der Waals surface area contributed by atoms with E-state index in [1.54, 1.807) is 18.5 Å². The molecule has 2 aromatic rings. The molecule has 0 aromatic carbocycles. The zero-order chi connectivity index (χ0) is 11.1. The van der Waals surface area contributed by atoms with Gasteiger partial charge in [-0.2, -0.15) is 4.68 Å². The summed E-state index contributed by atoms with van der Waals surface area (Å²) >= 11 is 3.32. The zero-order valence-electron chi connectivity index (χ0n) is 8.35. The molecule has 1 aliphatic rings. The van der Waals surface area contributed by atoms with Crippen LogP contribution in [0.15, 0.2) is 27.7 Å². The Hall–Kier alpha value is -1.43. The van der Waals surface area contributed by atoms with E-state index in [4.69, 9.17) is 0 Å². The molecule has 0 atom stereocenters. The lowest BCUT2D eigenvalue weighted by Crippen LogP contribution is -2.17. The van der Waals surface area contributed by atoms with E-state index in [1.807, 2.05) is 0 Å². The fourth-order valence-electron chi connectivity index (χ4n) is 1.62. The summed E-state index contributed by atoms with van der Waals surface area (Å²) in [7, 11) is 0. The van der Waals surface area contributed by atoms with Crippen LogP contribution >= 0.6 is 15.9 Å². The number of rotatable bonds is 2. The van der Waals surface area contributed by atoms with Crippen molar-refractivity contribution in [1.29, 1.82) is 0 Å². The van der Waals surface area contributed by atoms with Crippen LogP contribution < -0.4 is 5.56 Å². The van der Waals surface area contributed by atoms with Crippen LogP contribution in [0.5, 0.6) is 0 Å². The molecule has 5 nitrogen and oxygen atoms in total. The van der Waals surface area contributed by atoms with Gasteiger partial charge in [0, 0.05) is 18.3 Å². The number of nitrogens with zero attached hydrogens (tertiary/aromatic N) is 3. The van der Waals surface area contributed by atoms with E-state index in [-0.39, 0.29) is 5.56 Å². The van der Waals surface area contributed by atoms with Gasteiger partial charge in [-0.05, 0) is 34.8 Å². The highest BCUT2D eigenvalue weighted by molar-refractivity contribution is 9.10. The molecule has 0 unspecified atom stereocenters. The third kappa shape index (κ3) is 1.49. The maximum atomic E-state index is 11.9. The summed E-state index contributed by atoms with van der Waals surface area (Å²) in [4.78, 5) is 20.0. The Balaban J connectivity index is 2.15. The summed E-state index contributed by atoms with van der Waals surface area (Å²) in [6.07, 6.45) is 5.49. The van der Waals surface area contributed by atoms with Gasteiger partial charge >= 0.3 is 0 Å². The summed E-state index contributed by atoms with van der Waals surface area (Å²) in [5.41, 5.74) is 0.825. The Labute approximate surface area is 99.7 Å². The molecule has 0 saturated heterocycles. The second-order valence-electron chi connectivity index (χ2n) is 3.80. The number of hydrogen-bond acceptors (Lipinski definition) is 3. The molecule has 2 heterocycles. The van der Waals surface area contributed by atoms with E-state index in [9.17, 15) is 4.79 Å². The number of aromatic amines is 1. The van der Waals surface area contributed by atoms with Crippen molar-refractivity contribution in [1.82, 2.24) is 19.7 Å². The molecule has 0 aliphatic heterocycles.